The van der Waals surface area contributed by atoms with Gasteiger partial charge in [-0.1, -0.05) is 6.07 Å². The lowest BCUT2D eigenvalue weighted by atomic mass is 10.1. The van der Waals surface area contributed by atoms with Gasteiger partial charge >= 0.3 is 0 Å². The fraction of sp³-hybridized carbons (Fsp3) is 0. The fourth-order valence-electron chi connectivity index (χ4n) is 1.09. The average molecular weight is 196 g/mol. The quantitative estimate of drug-likeness (QED) is 0.634. The van der Waals surface area contributed by atoms with E-state index in [1.165, 1.54) is 4.70 Å². The Kier molecular flexibility index (Phi) is 2.69. The largest absolute Gasteiger partial charge is 0.192 e. The molecule has 0 bridgehead atoms. The van der Waals surface area contributed by atoms with Crippen LogP contribution >= 0.6 is 23.7 Å². The Morgan fingerprint density at radius 2 is 2.08 bits per heavy atom. The number of thiophene rings is 1. The molecule has 0 radical (unpaired) electrons. The van der Waals surface area contributed by atoms with E-state index >= 15 is 0 Å². The van der Waals surface area contributed by atoms with Crippen LogP contribution in [-0.4, -0.2) is 0 Å². The predicted molar refractivity (Wildman–Crippen MR) is 53.8 cm³/mol. The molecule has 3 heteroatoms. The molecule has 0 aliphatic heterocycles. The summed E-state index contributed by atoms with van der Waals surface area (Å²) in [6.07, 6.45) is 0. The number of halogens is 1. The second-order valence-electron chi connectivity index (χ2n) is 2.25. The molecule has 2 aromatic rings. The Labute approximate surface area is 80.7 Å². The van der Waals surface area contributed by atoms with Crippen molar-refractivity contribution in [3.05, 3.63) is 35.2 Å². The highest BCUT2D eigenvalue weighted by molar-refractivity contribution is 7.17. The monoisotopic (exact) mass is 195 g/mol. The van der Waals surface area contributed by atoms with E-state index in [-0.39, 0.29) is 12.4 Å². The van der Waals surface area contributed by atoms with Crippen molar-refractivity contribution in [2.75, 3.05) is 0 Å². The van der Waals surface area contributed by atoms with Crippen LogP contribution in [0.3, 0.4) is 0 Å². The normalized spacial score (nSPS) is 8.92. The smallest absolute Gasteiger partial charge is 0.0998 e. The number of fused-ring (bicyclic) bond motifs is 1. The van der Waals surface area contributed by atoms with E-state index in [2.05, 4.69) is 6.07 Å². The second kappa shape index (κ2) is 3.57. The third-order valence-corrected chi connectivity index (χ3v) is 2.50. The fourth-order valence-corrected chi connectivity index (χ4v) is 1.90. The third-order valence-electron chi connectivity index (χ3n) is 1.62. The second-order valence-corrected chi connectivity index (χ2v) is 3.20. The Hall–Kier alpha value is -1.04. The average Bonchev–Trinajstić information content (AvgIpc) is 2.50. The summed E-state index contributed by atoms with van der Waals surface area (Å²) in [5.74, 6) is 0. The number of rotatable bonds is 0. The van der Waals surface area contributed by atoms with Crippen molar-refractivity contribution in [1.29, 1.82) is 5.26 Å². The molecule has 0 saturated heterocycles. The first-order valence-electron chi connectivity index (χ1n) is 3.28. The van der Waals surface area contributed by atoms with Crippen LogP contribution in [0, 0.1) is 11.3 Å². The van der Waals surface area contributed by atoms with Crippen molar-refractivity contribution >= 4 is 33.8 Å². The minimum Gasteiger partial charge on any atom is -0.192 e. The summed E-state index contributed by atoms with van der Waals surface area (Å²) >= 11 is 1.67. The van der Waals surface area contributed by atoms with E-state index in [0.29, 0.717) is 0 Å². The Bertz CT molecular complexity index is 427. The van der Waals surface area contributed by atoms with Gasteiger partial charge in [0.05, 0.1) is 11.6 Å². The molecule has 12 heavy (non-hydrogen) atoms. The molecular formula is C9H6ClNS. The molecule has 0 aliphatic carbocycles. The van der Waals surface area contributed by atoms with Gasteiger partial charge in [-0.05, 0) is 23.6 Å². The van der Waals surface area contributed by atoms with Crippen molar-refractivity contribution in [2.24, 2.45) is 0 Å². The summed E-state index contributed by atoms with van der Waals surface area (Å²) in [5, 5.41) is 11.8. The van der Waals surface area contributed by atoms with E-state index in [0.717, 1.165) is 10.9 Å². The molecule has 0 N–H and O–H groups in total. The van der Waals surface area contributed by atoms with Gasteiger partial charge in [-0.15, -0.1) is 23.7 Å². The molecule has 1 aromatic carbocycles. The summed E-state index contributed by atoms with van der Waals surface area (Å²) in [6, 6.07) is 9.93. The van der Waals surface area contributed by atoms with E-state index in [1.54, 1.807) is 11.3 Å². The number of benzene rings is 1. The Balaban J connectivity index is 0.000000720. The lowest BCUT2D eigenvalue weighted by molar-refractivity contribution is 1.51. The van der Waals surface area contributed by atoms with Gasteiger partial charge in [0.15, 0.2) is 0 Å². The molecule has 0 spiro atoms. The third kappa shape index (κ3) is 1.29. The molecule has 1 aromatic heterocycles. The van der Waals surface area contributed by atoms with Crippen LogP contribution < -0.4 is 0 Å². The Morgan fingerprint density at radius 1 is 1.25 bits per heavy atom. The van der Waals surface area contributed by atoms with Crippen molar-refractivity contribution < 1.29 is 0 Å². The predicted octanol–water partition coefficient (Wildman–Crippen LogP) is 3.19. The van der Waals surface area contributed by atoms with Crippen LogP contribution in [0.4, 0.5) is 0 Å². The first-order valence-corrected chi connectivity index (χ1v) is 4.16. The first kappa shape index (κ1) is 9.05. The maximum Gasteiger partial charge on any atom is 0.0998 e. The van der Waals surface area contributed by atoms with E-state index in [1.807, 2.05) is 29.6 Å². The van der Waals surface area contributed by atoms with E-state index in [9.17, 15) is 0 Å². The van der Waals surface area contributed by atoms with Gasteiger partial charge in [-0.3, -0.25) is 0 Å². The minimum atomic E-state index is 0. The molecule has 60 valence electrons. The van der Waals surface area contributed by atoms with Gasteiger partial charge < -0.3 is 0 Å². The summed E-state index contributed by atoms with van der Waals surface area (Å²) in [6.45, 7) is 0. The Morgan fingerprint density at radius 3 is 2.83 bits per heavy atom. The minimum absolute atomic E-state index is 0. The molecule has 0 fully saturated rings. The molecular weight excluding hydrogens is 190 g/mol. The molecule has 0 aliphatic rings. The highest BCUT2D eigenvalue weighted by Gasteiger charge is 1.98. The van der Waals surface area contributed by atoms with Crippen LogP contribution in [-0.2, 0) is 0 Å². The number of hydrogen-bond acceptors (Lipinski definition) is 2. The molecule has 0 saturated carbocycles. The van der Waals surface area contributed by atoms with Gasteiger partial charge in [0.25, 0.3) is 0 Å². The number of hydrogen-bond donors (Lipinski definition) is 0. The zero-order valence-corrected chi connectivity index (χ0v) is 7.78. The molecule has 0 unspecified atom stereocenters. The highest BCUT2D eigenvalue weighted by Crippen LogP contribution is 2.23. The zero-order valence-electron chi connectivity index (χ0n) is 6.15. The van der Waals surface area contributed by atoms with Crippen LogP contribution in [0.5, 0.6) is 0 Å². The molecule has 1 nitrogen and oxygen atoms in total. The van der Waals surface area contributed by atoms with E-state index in [4.69, 9.17) is 5.26 Å². The summed E-state index contributed by atoms with van der Waals surface area (Å²) in [7, 11) is 0. The van der Waals surface area contributed by atoms with Crippen LogP contribution in [0.2, 0.25) is 0 Å². The van der Waals surface area contributed by atoms with Gasteiger partial charge in [-0.2, -0.15) is 5.26 Å². The highest BCUT2D eigenvalue weighted by atomic mass is 35.5. The lowest BCUT2D eigenvalue weighted by Gasteiger charge is -1.89. The summed E-state index contributed by atoms with van der Waals surface area (Å²) in [5.41, 5.74) is 0.767. The van der Waals surface area contributed by atoms with Gasteiger partial charge in [0, 0.05) is 10.1 Å². The standard InChI is InChI=1S/C9H5NS.ClH/c10-6-7-2-1-3-9-8(7)4-5-11-9;/h1-5H;1H. The number of nitriles is 1. The SMILES string of the molecule is Cl.N#Cc1cccc2sccc12. The molecule has 2 rings (SSSR count). The van der Waals surface area contributed by atoms with Crippen molar-refractivity contribution in [3.63, 3.8) is 0 Å². The molecule has 1 heterocycles. The van der Waals surface area contributed by atoms with E-state index < -0.39 is 0 Å². The maximum atomic E-state index is 8.71. The zero-order chi connectivity index (χ0) is 7.68. The summed E-state index contributed by atoms with van der Waals surface area (Å²) < 4.78 is 1.18. The van der Waals surface area contributed by atoms with Crippen LogP contribution in [0.15, 0.2) is 29.6 Å². The van der Waals surface area contributed by atoms with Gasteiger partial charge in [0.2, 0.25) is 0 Å². The topological polar surface area (TPSA) is 23.8 Å². The summed E-state index contributed by atoms with van der Waals surface area (Å²) in [4.78, 5) is 0. The van der Waals surface area contributed by atoms with Crippen LogP contribution in [0.1, 0.15) is 5.56 Å². The van der Waals surface area contributed by atoms with Gasteiger partial charge in [-0.25, -0.2) is 0 Å². The van der Waals surface area contributed by atoms with Gasteiger partial charge in [0.1, 0.15) is 0 Å². The van der Waals surface area contributed by atoms with Crippen molar-refractivity contribution in [3.8, 4) is 6.07 Å². The van der Waals surface area contributed by atoms with Crippen molar-refractivity contribution in [1.82, 2.24) is 0 Å². The maximum absolute atomic E-state index is 8.71. The van der Waals surface area contributed by atoms with Crippen molar-refractivity contribution in [2.45, 2.75) is 0 Å². The first-order chi connectivity index (χ1) is 5.42. The lowest BCUT2D eigenvalue weighted by Crippen LogP contribution is -1.71. The molecule has 0 amide bonds. The van der Waals surface area contributed by atoms with Crippen LogP contribution in [0.25, 0.3) is 10.1 Å². The molecule has 0 atom stereocenters. The number of nitrogens with zero attached hydrogens (tertiary/aromatic N) is 1.